The zero-order valence-corrected chi connectivity index (χ0v) is 19.1. The van der Waals surface area contributed by atoms with Crippen molar-refractivity contribution in [3.63, 3.8) is 0 Å². The number of carbonyl (C=O) groups is 2. The highest BCUT2D eigenvalue weighted by atomic mass is 32.2. The lowest BCUT2D eigenvalue weighted by atomic mass is 9.84. The van der Waals surface area contributed by atoms with Crippen molar-refractivity contribution in [2.45, 2.75) is 90.1 Å². The third-order valence-corrected chi connectivity index (χ3v) is 9.58. The van der Waals surface area contributed by atoms with Crippen molar-refractivity contribution in [3.8, 4) is 0 Å². The van der Waals surface area contributed by atoms with Gasteiger partial charge in [-0.2, -0.15) is 11.8 Å². The van der Waals surface area contributed by atoms with Gasteiger partial charge in [0.05, 0.1) is 0 Å². The molecule has 4 fully saturated rings. The average Bonchev–Trinajstić information content (AvgIpc) is 3.48. The summed E-state index contributed by atoms with van der Waals surface area (Å²) in [6.45, 7) is 4.39. The fraction of sp³-hybridized carbons (Fsp3) is 0.917. The van der Waals surface area contributed by atoms with Crippen LogP contribution in [0.25, 0.3) is 0 Å². The fourth-order valence-corrected chi connectivity index (χ4v) is 7.97. The first kappa shape index (κ1) is 21.5. The first-order valence-electron chi connectivity index (χ1n) is 12.2. The zero-order chi connectivity index (χ0) is 20.4. The molecule has 0 aliphatic heterocycles. The number of fused-ring (bicyclic) bond motifs is 4. The Morgan fingerprint density at radius 3 is 1.55 bits per heavy atom. The lowest BCUT2D eigenvalue weighted by Crippen LogP contribution is -2.40. The summed E-state index contributed by atoms with van der Waals surface area (Å²) in [5.74, 6) is 6.95. The lowest BCUT2D eigenvalue weighted by molar-refractivity contribution is -0.122. The van der Waals surface area contributed by atoms with Gasteiger partial charge in [-0.15, -0.1) is 0 Å². The van der Waals surface area contributed by atoms with E-state index >= 15 is 0 Å². The molecule has 4 bridgehead atoms. The van der Waals surface area contributed by atoms with Crippen LogP contribution in [0.2, 0.25) is 0 Å². The van der Waals surface area contributed by atoms with Gasteiger partial charge < -0.3 is 10.6 Å². The van der Waals surface area contributed by atoms with Crippen LogP contribution < -0.4 is 10.6 Å². The van der Waals surface area contributed by atoms with Crippen molar-refractivity contribution in [2.75, 3.05) is 11.5 Å². The van der Waals surface area contributed by atoms with Crippen LogP contribution in [0.5, 0.6) is 0 Å². The second-order valence-corrected chi connectivity index (χ2v) is 11.7. The van der Waals surface area contributed by atoms with E-state index in [1.807, 2.05) is 0 Å². The SMILES string of the molecule is C[C@@H](NC(=O)CCSCCC(=O)N[C@H](C)[C@@H]1C[C@@H]2CC[C@@H]1C2)[C@@H]1C[C@@H]2CC[C@@H]1C2. The second kappa shape index (κ2) is 9.62. The minimum absolute atomic E-state index is 0.183. The predicted octanol–water partition coefficient (Wildman–Crippen LogP) is 4.38. The Hall–Kier alpha value is -0.710. The molecule has 8 atom stereocenters. The molecule has 0 aromatic rings. The molecule has 4 rings (SSSR count). The van der Waals surface area contributed by atoms with E-state index in [2.05, 4.69) is 24.5 Å². The van der Waals surface area contributed by atoms with Crippen molar-refractivity contribution >= 4 is 23.6 Å². The summed E-state index contributed by atoms with van der Waals surface area (Å²) in [4.78, 5) is 24.5. The Bertz CT molecular complexity index is 547. The molecule has 0 aromatic heterocycles. The van der Waals surface area contributed by atoms with Crippen molar-refractivity contribution in [3.05, 3.63) is 0 Å². The smallest absolute Gasteiger partial charge is 0.221 e. The molecule has 2 N–H and O–H groups in total. The molecule has 0 aromatic carbocycles. The number of nitrogens with one attached hydrogen (secondary N) is 2. The number of carbonyl (C=O) groups excluding carboxylic acids is 2. The van der Waals surface area contributed by atoms with Crippen LogP contribution in [0.1, 0.15) is 78.1 Å². The van der Waals surface area contributed by atoms with Gasteiger partial charge in [0.15, 0.2) is 0 Å². The predicted molar refractivity (Wildman–Crippen MR) is 120 cm³/mol. The molecule has 4 aliphatic carbocycles. The number of thioether (sulfide) groups is 1. The molecule has 0 saturated heterocycles. The third kappa shape index (κ3) is 5.32. The molecule has 4 nitrogen and oxygen atoms in total. The van der Waals surface area contributed by atoms with E-state index in [9.17, 15) is 9.59 Å². The molecule has 0 unspecified atom stereocenters. The zero-order valence-electron chi connectivity index (χ0n) is 18.3. The first-order chi connectivity index (χ1) is 14.0. The van der Waals surface area contributed by atoms with E-state index in [1.165, 1.54) is 51.4 Å². The highest BCUT2D eigenvalue weighted by Crippen LogP contribution is 2.50. The lowest BCUT2D eigenvalue weighted by Gasteiger charge is -2.28. The summed E-state index contributed by atoms with van der Waals surface area (Å²) in [5, 5.41) is 6.49. The van der Waals surface area contributed by atoms with Gasteiger partial charge in [0.2, 0.25) is 11.8 Å². The van der Waals surface area contributed by atoms with E-state index in [-0.39, 0.29) is 11.8 Å². The molecule has 0 radical (unpaired) electrons. The highest BCUT2D eigenvalue weighted by molar-refractivity contribution is 7.99. The van der Waals surface area contributed by atoms with Crippen LogP contribution in [-0.4, -0.2) is 35.4 Å². The van der Waals surface area contributed by atoms with Gasteiger partial charge in [-0.1, -0.05) is 12.8 Å². The highest BCUT2D eigenvalue weighted by Gasteiger charge is 2.43. The van der Waals surface area contributed by atoms with E-state index in [4.69, 9.17) is 0 Å². The summed E-state index contributed by atoms with van der Waals surface area (Å²) in [6, 6.07) is 0.641. The van der Waals surface area contributed by atoms with Gasteiger partial charge >= 0.3 is 0 Å². The normalized spacial score (nSPS) is 36.9. The molecule has 2 amide bonds. The van der Waals surface area contributed by atoms with Gasteiger partial charge in [-0.3, -0.25) is 9.59 Å². The van der Waals surface area contributed by atoms with Crippen LogP contribution in [-0.2, 0) is 9.59 Å². The van der Waals surface area contributed by atoms with Gasteiger partial charge in [0.25, 0.3) is 0 Å². The molecule has 0 heterocycles. The van der Waals surface area contributed by atoms with Crippen LogP contribution in [0.15, 0.2) is 0 Å². The van der Waals surface area contributed by atoms with E-state index in [0.29, 0.717) is 36.8 Å². The van der Waals surface area contributed by atoms with Crippen LogP contribution in [0.3, 0.4) is 0 Å². The summed E-state index contributed by atoms with van der Waals surface area (Å²) in [7, 11) is 0. The van der Waals surface area contributed by atoms with Crippen molar-refractivity contribution < 1.29 is 9.59 Å². The third-order valence-electron chi connectivity index (χ3n) is 8.59. The van der Waals surface area contributed by atoms with Crippen molar-refractivity contribution in [1.82, 2.24) is 10.6 Å². The maximum Gasteiger partial charge on any atom is 0.221 e. The van der Waals surface area contributed by atoms with E-state index in [0.717, 1.165) is 35.2 Å². The first-order valence-corrected chi connectivity index (χ1v) is 13.3. The second-order valence-electron chi connectivity index (χ2n) is 10.5. The maximum absolute atomic E-state index is 12.3. The monoisotopic (exact) mass is 420 g/mol. The fourth-order valence-electron chi connectivity index (χ4n) is 7.11. The van der Waals surface area contributed by atoms with E-state index in [1.54, 1.807) is 11.8 Å². The Morgan fingerprint density at radius 2 is 1.21 bits per heavy atom. The molecular formula is C24H40N2O2S. The number of hydrogen-bond acceptors (Lipinski definition) is 3. The molecule has 0 spiro atoms. The molecular weight excluding hydrogens is 380 g/mol. The average molecular weight is 421 g/mol. The molecule has 5 heteroatoms. The largest absolute Gasteiger partial charge is 0.353 e. The number of amides is 2. The van der Waals surface area contributed by atoms with E-state index < -0.39 is 0 Å². The summed E-state index contributed by atoms with van der Waals surface area (Å²) >= 11 is 1.73. The summed E-state index contributed by atoms with van der Waals surface area (Å²) in [6.07, 6.45) is 12.1. The minimum Gasteiger partial charge on any atom is -0.353 e. The number of rotatable bonds is 10. The standard InChI is InChI=1S/C24H40N2O2S/c1-15(21-13-17-3-5-19(21)11-17)25-23(27)7-9-29-10-8-24(28)26-16(2)22-14-18-4-6-20(22)12-18/h15-22H,3-14H2,1-2H3,(H,25,27)(H,26,28)/t15-,16-,17-,18-,19-,20-,21+,22+/m1/s1. The molecule has 29 heavy (non-hydrogen) atoms. The summed E-state index contributed by atoms with van der Waals surface area (Å²) < 4.78 is 0. The minimum atomic E-state index is 0.183. The van der Waals surface area contributed by atoms with Crippen LogP contribution in [0, 0.1) is 35.5 Å². The van der Waals surface area contributed by atoms with Gasteiger partial charge in [-0.05, 0) is 87.9 Å². The van der Waals surface area contributed by atoms with Crippen molar-refractivity contribution in [1.29, 1.82) is 0 Å². The van der Waals surface area contributed by atoms with Crippen LogP contribution in [0.4, 0.5) is 0 Å². The Kier molecular flexibility index (Phi) is 7.14. The molecule has 4 saturated carbocycles. The maximum atomic E-state index is 12.3. The Balaban J connectivity index is 1.04. The Morgan fingerprint density at radius 1 is 0.759 bits per heavy atom. The Labute approximate surface area is 181 Å². The van der Waals surface area contributed by atoms with Crippen molar-refractivity contribution in [2.24, 2.45) is 35.5 Å². The van der Waals surface area contributed by atoms with Gasteiger partial charge in [-0.25, -0.2) is 0 Å². The topological polar surface area (TPSA) is 58.2 Å². The quantitative estimate of drug-likeness (QED) is 0.516. The van der Waals surface area contributed by atoms with Gasteiger partial charge in [0, 0.05) is 36.4 Å². The molecule has 4 aliphatic rings. The molecule has 164 valence electrons. The van der Waals surface area contributed by atoms with Crippen LogP contribution >= 0.6 is 11.8 Å². The number of hydrogen-bond donors (Lipinski definition) is 2. The van der Waals surface area contributed by atoms with Gasteiger partial charge in [0.1, 0.15) is 0 Å². The summed E-state index contributed by atoms with van der Waals surface area (Å²) in [5.41, 5.74) is 0.